The molecule has 4 rings (SSSR count). The van der Waals surface area contributed by atoms with Gasteiger partial charge in [-0.15, -0.1) is 11.3 Å². The summed E-state index contributed by atoms with van der Waals surface area (Å²) < 4.78 is 1.68. The van der Waals surface area contributed by atoms with E-state index < -0.39 is 10.2 Å². The van der Waals surface area contributed by atoms with Crippen LogP contribution >= 0.6 is 23.1 Å². The highest BCUT2D eigenvalue weighted by Crippen LogP contribution is 2.36. The number of rotatable bonds is 7. The van der Waals surface area contributed by atoms with E-state index in [0.717, 1.165) is 41.5 Å². The maximum absolute atomic E-state index is 13.3. The lowest BCUT2D eigenvalue weighted by Gasteiger charge is -2.15. The minimum atomic E-state index is -0.543. The maximum Gasteiger partial charge on any atom is 0.271 e. The molecule has 2 aromatic heterocycles. The number of nitro benzene ring substituents is 1. The molecule has 0 aliphatic heterocycles. The minimum absolute atomic E-state index is 0.0277. The number of thioether (sulfide) groups is 1. The molecular formula is C21H22N4O4S2. The molecule has 0 radical (unpaired) electrons. The zero-order valence-electron chi connectivity index (χ0n) is 17.2. The van der Waals surface area contributed by atoms with Crippen molar-refractivity contribution in [2.24, 2.45) is 0 Å². The number of nitrogens with one attached hydrogen (secondary N) is 1. The molecule has 1 atom stereocenters. The Kier molecular flexibility index (Phi) is 6.10. The lowest BCUT2D eigenvalue weighted by atomic mass is 10.2. The number of aromatic nitrogens is 2. The van der Waals surface area contributed by atoms with Gasteiger partial charge < -0.3 is 5.32 Å². The molecular weight excluding hydrogens is 436 g/mol. The van der Waals surface area contributed by atoms with Crippen LogP contribution in [0.1, 0.15) is 37.1 Å². The number of hydrogen-bond donors (Lipinski definition) is 1. The van der Waals surface area contributed by atoms with Crippen LogP contribution in [0.5, 0.6) is 0 Å². The van der Waals surface area contributed by atoms with Crippen molar-refractivity contribution in [2.45, 2.75) is 56.5 Å². The number of thiophene rings is 1. The number of non-ortho nitro benzene ring substituents is 1. The largest absolute Gasteiger partial charge is 0.325 e. The van der Waals surface area contributed by atoms with Crippen LogP contribution in [-0.4, -0.2) is 25.6 Å². The average Bonchev–Trinajstić information content (AvgIpc) is 3.31. The minimum Gasteiger partial charge on any atom is -0.325 e. The first-order valence-electron chi connectivity index (χ1n) is 10.2. The molecule has 0 saturated heterocycles. The quantitative estimate of drug-likeness (QED) is 0.244. The first kappa shape index (κ1) is 21.5. The molecule has 1 aliphatic carbocycles. The second kappa shape index (κ2) is 8.80. The fourth-order valence-corrected chi connectivity index (χ4v) is 5.96. The topological polar surface area (TPSA) is 107 Å². The third kappa shape index (κ3) is 4.22. The van der Waals surface area contributed by atoms with Gasteiger partial charge in [-0.05, 0) is 44.2 Å². The number of nitro groups is 1. The molecule has 1 aliphatic rings. The van der Waals surface area contributed by atoms with Crippen LogP contribution in [-0.2, 0) is 24.2 Å². The molecule has 31 heavy (non-hydrogen) atoms. The number of nitrogens with zero attached hydrogens (tertiary/aromatic N) is 3. The lowest BCUT2D eigenvalue weighted by molar-refractivity contribution is -0.384. The molecule has 3 aromatic rings. The molecule has 0 spiro atoms. The van der Waals surface area contributed by atoms with Gasteiger partial charge in [0.2, 0.25) is 5.91 Å². The van der Waals surface area contributed by atoms with Gasteiger partial charge in [0.25, 0.3) is 11.2 Å². The van der Waals surface area contributed by atoms with E-state index in [4.69, 9.17) is 4.98 Å². The predicted molar refractivity (Wildman–Crippen MR) is 123 cm³/mol. The highest BCUT2D eigenvalue weighted by Gasteiger charge is 2.25. The Morgan fingerprint density at radius 1 is 1.42 bits per heavy atom. The normalized spacial score (nSPS) is 13.9. The van der Waals surface area contributed by atoms with Crippen molar-refractivity contribution in [3.05, 3.63) is 55.2 Å². The number of amides is 1. The van der Waals surface area contributed by atoms with E-state index in [1.54, 1.807) is 28.9 Å². The number of fused-ring (bicyclic) bond motifs is 3. The fraction of sp³-hybridized carbons (Fsp3) is 0.381. The summed E-state index contributed by atoms with van der Waals surface area (Å²) in [6, 6.07) is 5.82. The molecule has 8 nitrogen and oxygen atoms in total. The van der Waals surface area contributed by atoms with E-state index in [-0.39, 0.29) is 17.2 Å². The second-order valence-corrected chi connectivity index (χ2v) is 9.84. The lowest BCUT2D eigenvalue weighted by Crippen LogP contribution is -2.27. The van der Waals surface area contributed by atoms with Crippen LogP contribution in [0, 0.1) is 10.1 Å². The standard InChI is InChI=1S/C21H22N4O4S2/c1-3-10-24-20(27)17-15-8-5-9-16(15)31-19(17)23-21(24)30-12(2)18(26)22-13-6-4-7-14(11-13)25(28)29/h4,6-7,11-12H,3,5,8-10H2,1-2H3,(H,22,26). The van der Waals surface area contributed by atoms with Gasteiger partial charge in [-0.2, -0.15) is 0 Å². The molecule has 0 fully saturated rings. The second-order valence-electron chi connectivity index (χ2n) is 7.45. The molecule has 1 aromatic carbocycles. The Hall–Kier alpha value is -2.72. The number of carbonyl (C=O) groups is 1. The monoisotopic (exact) mass is 458 g/mol. The van der Waals surface area contributed by atoms with Crippen LogP contribution in [0.3, 0.4) is 0 Å². The van der Waals surface area contributed by atoms with E-state index in [9.17, 15) is 19.7 Å². The van der Waals surface area contributed by atoms with Gasteiger partial charge in [0.05, 0.1) is 15.6 Å². The van der Waals surface area contributed by atoms with Crippen LogP contribution < -0.4 is 10.9 Å². The molecule has 10 heteroatoms. The Morgan fingerprint density at radius 2 is 2.23 bits per heavy atom. The van der Waals surface area contributed by atoms with Gasteiger partial charge >= 0.3 is 0 Å². The van der Waals surface area contributed by atoms with Gasteiger partial charge in [0, 0.05) is 29.2 Å². The summed E-state index contributed by atoms with van der Waals surface area (Å²) in [5.74, 6) is -0.309. The van der Waals surface area contributed by atoms with Gasteiger partial charge in [-0.1, -0.05) is 24.8 Å². The first-order chi connectivity index (χ1) is 14.9. The number of benzene rings is 1. The van der Waals surface area contributed by atoms with E-state index in [0.29, 0.717) is 17.4 Å². The SMILES string of the molecule is CCCn1c(SC(C)C(=O)Nc2cccc([N+](=O)[O-])c2)nc2sc3c(c2c1=O)CCC3. The molecule has 162 valence electrons. The Morgan fingerprint density at radius 3 is 2.97 bits per heavy atom. The third-order valence-corrected chi connectivity index (χ3v) is 7.49. The predicted octanol–water partition coefficient (Wildman–Crippen LogP) is 4.38. The van der Waals surface area contributed by atoms with Crippen molar-refractivity contribution in [1.29, 1.82) is 0 Å². The molecule has 1 unspecified atom stereocenters. The first-order valence-corrected chi connectivity index (χ1v) is 11.9. The Balaban J connectivity index is 1.60. The highest BCUT2D eigenvalue weighted by atomic mass is 32.2. The zero-order valence-corrected chi connectivity index (χ0v) is 18.8. The smallest absolute Gasteiger partial charge is 0.271 e. The van der Waals surface area contributed by atoms with Crippen molar-refractivity contribution in [3.8, 4) is 0 Å². The molecule has 0 saturated carbocycles. The van der Waals surface area contributed by atoms with Crippen molar-refractivity contribution in [2.75, 3.05) is 5.32 Å². The number of hydrogen-bond acceptors (Lipinski definition) is 7. The molecule has 0 bridgehead atoms. The van der Waals surface area contributed by atoms with Crippen molar-refractivity contribution in [3.63, 3.8) is 0 Å². The molecule has 1 amide bonds. The highest BCUT2D eigenvalue weighted by molar-refractivity contribution is 8.00. The van der Waals surface area contributed by atoms with Crippen LogP contribution in [0.2, 0.25) is 0 Å². The van der Waals surface area contributed by atoms with Gasteiger partial charge in [0.1, 0.15) is 4.83 Å². The maximum atomic E-state index is 13.3. The summed E-state index contributed by atoms with van der Waals surface area (Å²) in [6.45, 7) is 4.27. The van der Waals surface area contributed by atoms with Gasteiger partial charge in [0.15, 0.2) is 5.16 Å². The van der Waals surface area contributed by atoms with Crippen molar-refractivity contribution < 1.29 is 9.72 Å². The van der Waals surface area contributed by atoms with Gasteiger partial charge in [-0.3, -0.25) is 24.3 Å². The Labute approximate surface area is 186 Å². The zero-order chi connectivity index (χ0) is 22.1. The fourth-order valence-electron chi connectivity index (χ4n) is 3.72. The van der Waals surface area contributed by atoms with Crippen molar-refractivity contribution in [1.82, 2.24) is 9.55 Å². The van der Waals surface area contributed by atoms with E-state index in [1.165, 1.54) is 34.8 Å². The molecule has 1 N–H and O–H groups in total. The van der Waals surface area contributed by atoms with E-state index >= 15 is 0 Å². The van der Waals surface area contributed by atoms with E-state index in [1.807, 2.05) is 6.92 Å². The number of anilines is 1. The summed E-state index contributed by atoms with van der Waals surface area (Å²) >= 11 is 2.81. The summed E-state index contributed by atoms with van der Waals surface area (Å²) in [5, 5.41) is 14.4. The summed E-state index contributed by atoms with van der Waals surface area (Å²) in [6.07, 6.45) is 3.78. The number of aryl methyl sites for hydroxylation is 2. The van der Waals surface area contributed by atoms with Crippen LogP contribution in [0.25, 0.3) is 10.2 Å². The number of carbonyl (C=O) groups excluding carboxylic acids is 1. The molecule has 2 heterocycles. The van der Waals surface area contributed by atoms with Crippen LogP contribution in [0.4, 0.5) is 11.4 Å². The van der Waals surface area contributed by atoms with Crippen molar-refractivity contribution >= 4 is 50.6 Å². The average molecular weight is 459 g/mol. The summed E-state index contributed by atoms with van der Waals surface area (Å²) in [4.78, 5) is 43.2. The summed E-state index contributed by atoms with van der Waals surface area (Å²) in [7, 11) is 0. The van der Waals surface area contributed by atoms with Crippen LogP contribution in [0.15, 0.2) is 34.2 Å². The Bertz CT molecular complexity index is 1230. The van der Waals surface area contributed by atoms with E-state index in [2.05, 4.69) is 5.32 Å². The third-order valence-electron chi connectivity index (χ3n) is 5.21. The van der Waals surface area contributed by atoms with Gasteiger partial charge in [-0.25, -0.2) is 4.98 Å². The summed E-state index contributed by atoms with van der Waals surface area (Å²) in [5.41, 5.74) is 1.39.